The predicted octanol–water partition coefficient (Wildman–Crippen LogP) is 3.10. The Hall–Kier alpha value is -5.78. The molecule has 4 aromatic rings. The highest BCUT2D eigenvalue weighted by Gasteiger charge is 2.19. The van der Waals surface area contributed by atoms with E-state index in [9.17, 15) is 19.8 Å². The number of hydrogen-bond donors (Lipinski definition) is 4. The number of aromatic hydroxyl groups is 2. The number of phenolic OH excluding ortho intramolecular Hbond substituents is 2. The lowest BCUT2D eigenvalue weighted by atomic mass is 9.98. The molecular weight excluding hydrogens is 516 g/mol. The monoisotopic (exact) mass is 540 g/mol. The first-order chi connectivity index (χ1) is 19.4. The van der Waals surface area contributed by atoms with Crippen LogP contribution in [-0.4, -0.2) is 58.6 Å². The van der Waals surface area contributed by atoms with Gasteiger partial charge in [0.05, 0.1) is 26.6 Å². The molecular formula is C28H24N6O6. The Balaban J connectivity index is 1.64. The number of nitrogens with zero attached hydrogens (tertiary/aromatic N) is 4. The van der Waals surface area contributed by atoms with Crippen molar-refractivity contribution in [1.29, 1.82) is 0 Å². The van der Waals surface area contributed by atoms with E-state index in [4.69, 9.17) is 9.47 Å². The summed E-state index contributed by atoms with van der Waals surface area (Å²) in [5, 5.41) is 29.7. The molecule has 0 atom stereocenters. The Morgan fingerprint density at radius 3 is 1.43 bits per heavy atom. The van der Waals surface area contributed by atoms with Gasteiger partial charge in [-0.25, -0.2) is 10.9 Å². The summed E-state index contributed by atoms with van der Waals surface area (Å²) < 4.78 is 10.6. The maximum absolute atomic E-state index is 12.3. The highest BCUT2D eigenvalue weighted by molar-refractivity contribution is 5.96. The van der Waals surface area contributed by atoms with Crippen LogP contribution in [0.1, 0.15) is 31.8 Å². The van der Waals surface area contributed by atoms with Crippen LogP contribution in [0.5, 0.6) is 23.0 Å². The number of ether oxygens (including phenoxy) is 2. The molecule has 0 aliphatic heterocycles. The molecule has 40 heavy (non-hydrogen) atoms. The normalized spacial score (nSPS) is 10.9. The molecule has 2 amide bonds. The van der Waals surface area contributed by atoms with Crippen molar-refractivity contribution in [2.24, 2.45) is 10.2 Å². The summed E-state index contributed by atoms with van der Waals surface area (Å²) in [6, 6.07) is 12.3. The Morgan fingerprint density at radius 2 is 1.07 bits per heavy atom. The SMILES string of the molecule is COc1cc(/C=N/NC(=O)c2ccncc2)cc(-c2cc(/C=N/NC(=O)c3ccncc3)cc(OC)c2O)c1O. The molecule has 0 saturated heterocycles. The van der Waals surface area contributed by atoms with Gasteiger partial charge in [-0.05, 0) is 59.7 Å². The largest absolute Gasteiger partial charge is 0.504 e. The number of pyridine rings is 2. The second-order valence-corrected chi connectivity index (χ2v) is 8.11. The zero-order chi connectivity index (χ0) is 28.5. The fraction of sp³-hybridized carbons (Fsp3) is 0.0714. The Bertz CT molecular complexity index is 1460. The van der Waals surface area contributed by atoms with Gasteiger partial charge < -0.3 is 19.7 Å². The topological polar surface area (TPSA) is 168 Å². The van der Waals surface area contributed by atoms with E-state index in [1.54, 1.807) is 36.4 Å². The third kappa shape index (κ3) is 6.37. The van der Waals surface area contributed by atoms with Gasteiger partial charge in [0.1, 0.15) is 0 Å². The zero-order valence-electron chi connectivity index (χ0n) is 21.4. The van der Waals surface area contributed by atoms with Crippen LogP contribution in [0.4, 0.5) is 0 Å². The molecule has 0 bridgehead atoms. The molecule has 0 saturated carbocycles. The lowest BCUT2D eigenvalue weighted by Gasteiger charge is -2.15. The van der Waals surface area contributed by atoms with Crippen LogP contribution in [0.25, 0.3) is 11.1 Å². The summed E-state index contributed by atoms with van der Waals surface area (Å²) in [6.07, 6.45) is 8.68. The van der Waals surface area contributed by atoms with Crippen LogP contribution in [-0.2, 0) is 0 Å². The molecule has 12 heteroatoms. The molecule has 0 radical (unpaired) electrons. The summed E-state index contributed by atoms with van der Waals surface area (Å²) in [5.74, 6) is -1.18. The van der Waals surface area contributed by atoms with E-state index >= 15 is 0 Å². The molecule has 0 aliphatic carbocycles. The van der Waals surface area contributed by atoms with Crippen molar-refractivity contribution < 1.29 is 29.3 Å². The summed E-state index contributed by atoms with van der Waals surface area (Å²) in [4.78, 5) is 32.3. The number of carbonyl (C=O) groups is 2. The van der Waals surface area contributed by atoms with Gasteiger partial charge in [-0.3, -0.25) is 19.6 Å². The van der Waals surface area contributed by atoms with Gasteiger partial charge in [-0.1, -0.05) is 0 Å². The van der Waals surface area contributed by atoms with Crippen LogP contribution >= 0.6 is 0 Å². The quantitative estimate of drug-likeness (QED) is 0.186. The van der Waals surface area contributed by atoms with Crippen LogP contribution in [0.2, 0.25) is 0 Å². The van der Waals surface area contributed by atoms with E-state index in [-0.39, 0.29) is 34.1 Å². The first-order valence-electron chi connectivity index (χ1n) is 11.7. The van der Waals surface area contributed by atoms with Gasteiger partial charge in [0.15, 0.2) is 23.0 Å². The maximum atomic E-state index is 12.3. The number of methoxy groups -OCH3 is 2. The smallest absolute Gasteiger partial charge is 0.271 e. The second-order valence-electron chi connectivity index (χ2n) is 8.11. The summed E-state index contributed by atoms with van der Waals surface area (Å²) in [5.41, 5.74) is 6.86. The van der Waals surface area contributed by atoms with Crippen LogP contribution < -0.4 is 20.3 Å². The lowest BCUT2D eigenvalue weighted by molar-refractivity contribution is 0.0947. The summed E-state index contributed by atoms with van der Waals surface area (Å²) in [7, 11) is 2.75. The number of hydrogen-bond acceptors (Lipinski definition) is 10. The third-order valence-electron chi connectivity index (χ3n) is 5.57. The fourth-order valence-corrected chi connectivity index (χ4v) is 3.60. The number of amides is 2. The average Bonchev–Trinajstić information content (AvgIpc) is 2.99. The number of benzene rings is 2. The number of hydrazone groups is 2. The van der Waals surface area contributed by atoms with E-state index in [0.29, 0.717) is 22.3 Å². The fourth-order valence-electron chi connectivity index (χ4n) is 3.60. The van der Waals surface area contributed by atoms with Gasteiger partial charge in [-0.2, -0.15) is 10.2 Å². The molecule has 202 valence electrons. The van der Waals surface area contributed by atoms with Crippen molar-refractivity contribution in [2.75, 3.05) is 14.2 Å². The number of nitrogens with one attached hydrogen (secondary N) is 2. The minimum Gasteiger partial charge on any atom is -0.504 e. The van der Waals surface area contributed by atoms with Crippen molar-refractivity contribution in [3.63, 3.8) is 0 Å². The minimum absolute atomic E-state index is 0.0986. The minimum atomic E-state index is -0.435. The standard InChI is InChI=1S/C28H24N6O6/c1-39-23-13-17(15-31-33-27(37)19-3-7-29-8-4-19)11-21(25(23)35)22-12-18(14-24(40-2)26(22)36)16-32-34-28(38)20-5-9-30-10-6-20/h3-16,35-36H,1-2H3,(H,33,37)(H,34,38)/b31-15+,32-16+. The van der Waals surface area contributed by atoms with Gasteiger partial charge in [-0.15, -0.1) is 0 Å². The molecule has 2 aromatic carbocycles. The van der Waals surface area contributed by atoms with Crippen molar-refractivity contribution in [3.8, 4) is 34.1 Å². The van der Waals surface area contributed by atoms with Crippen molar-refractivity contribution in [3.05, 3.63) is 95.6 Å². The molecule has 0 aliphatic rings. The second kappa shape index (κ2) is 12.6. The van der Waals surface area contributed by atoms with Crippen molar-refractivity contribution in [1.82, 2.24) is 20.8 Å². The Morgan fingerprint density at radius 1 is 0.700 bits per heavy atom. The van der Waals surface area contributed by atoms with E-state index in [2.05, 4.69) is 31.0 Å². The van der Waals surface area contributed by atoms with Crippen LogP contribution in [0.15, 0.2) is 83.5 Å². The van der Waals surface area contributed by atoms with Gasteiger partial charge in [0.2, 0.25) is 0 Å². The van der Waals surface area contributed by atoms with E-state index in [1.165, 1.54) is 63.6 Å². The summed E-state index contributed by atoms with van der Waals surface area (Å²) >= 11 is 0. The Kier molecular flexibility index (Phi) is 8.62. The number of phenols is 2. The molecule has 0 unspecified atom stereocenters. The van der Waals surface area contributed by atoms with Crippen molar-refractivity contribution >= 4 is 24.2 Å². The number of rotatable bonds is 9. The zero-order valence-corrected chi connectivity index (χ0v) is 21.4. The molecule has 2 aromatic heterocycles. The molecule has 2 heterocycles. The lowest BCUT2D eigenvalue weighted by Crippen LogP contribution is -2.17. The highest BCUT2D eigenvalue weighted by atomic mass is 16.5. The van der Waals surface area contributed by atoms with Gasteiger partial charge in [0.25, 0.3) is 11.8 Å². The maximum Gasteiger partial charge on any atom is 0.271 e. The molecule has 12 nitrogen and oxygen atoms in total. The highest BCUT2D eigenvalue weighted by Crippen LogP contribution is 2.45. The van der Waals surface area contributed by atoms with Gasteiger partial charge >= 0.3 is 0 Å². The van der Waals surface area contributed by atoms with Crippen LogP contribution in [0, 0.1) is 0 Å². The first kappa shape index (κ1) is 27.3. The molecule has 4 N–H and O–H groups in total. The summed E-state index contributed by atoms with van der Waals surface area (Å²) in [6.45, 7) is 0. The number of aromatic nitrogens is 2. The van der Waals surface area contributed by atoms with E-state index in [0.717, 1.165) is 0 Å². The van der Waals surface area contributed by atoms with E-state index in [1.807, 2.05) is 0 Å². The molecule has 4 rings (SSSR count). The number of carbonyl (C=O) groups excluding carboxylic acids is 2. The average molecular weight is 541 g/mol. The molecule has 0 spiro atoms. The van der Waals surface area contributed by atoms with Crippen molar-refractivity contribution in [2.45, 2.75) is 0 Å². The molecule has 0 fully saturated rings. The van der Waals surface area contributed by atoms with Gasteiger partial charge in [0, 0.05) is 47.0 Å². The van der Waals surface area contributed by atoms with Crippen LogP contribution in [0.3, 0.4) is 0 Å². The third-order valence-corrected chi connectivity index (χ3v) is 5.57. The predicted molar refractivity (Wildman–Crippen MR) is 147 cm³/mol. The first-order valence-corrected chi connectivity index (χ1v) is 11.7. The Labute approximate surface area is 228 Å². The van der Waals surface area contributed by atoms with E-state index < -0.39 is 11.8 Å².